The number of anilines is 1. The van der Waals surface area contributed by atoms with E-state index < -0.39 is 0 Å². The van der Waals surface area contributed by atoms with Gasteiger partial charge >= 0.3 is 0 Å². The van der Waals surface area contributed by atoms with Crippen LogP contribution in [0.15, 0.2) is 37.8 Å². The number of hydrogen-bond donors (Lipinski definition) is 1. The van der Waals surface area contributed by atoms with Gasteiger partial charge in [0, 0.05) is 41.2 Å². The normalized spacial score (nSPS) is 15.6. The zero-order valence-electron chi connectivity index (χ0n) is 13.0. The third-order valence-electron chi connectivity index (χ3n) is 4.73. The van der Waals surface area contributed by atoms with Crippen molar-refractivity contribution in [3.8, 4) is 11.3 Å². The molecule has 0 bridgehead atoms. The molecular weight excluding hydrogens is 386 g/mol. The van der Waals surface area contributed by atoms with E-state index in [1.54, 1.807) is 11.3 Å². The molecule has 0 saturated carbocycles. The number of nitrogens with zero attached hydrogens (tertiary/aromatic N) is 2. The summed E-state index contributed by atoms with van der Waals surface area (Å²) in [5.41, 5.74) is 5.96. The van der Waals surface area contributed by atoms with E-state index in [-0.39, 0.29) is 0 Å². The van der Waals surface area contributed by atoms with E-state index >= 15 is 0 Å². The Balaban J connectivity index is 1.63. The standard InChI is InChI=1S/C18H16BrN3OS/c19-15-8-11(10-24-15)16-18-17(21-20-16)13-5-4-12(9-14(13)23-18)22-6-2-1-3-7-22/h4-5,8-10H,1-3,6-7H2,(H,20,21). The minimum absolute atomic E-state index is 0.839. The second-order valence-electron chi connectivity index (χ2n) is 6.25. The fourth-order valence-corrected chi connectivity index (χ4v) is 4.65. The number of nitrogens with one attached hydrogen (secondary N) is 1. The number of H-pyrrole nitrogens is 1. The average molecular weight is 402 g/mol. The third-order valence-corrected chi connectivity index (χ3v) is 6.23. The molecule has 5 rings (SSSR count). The van der Waals surface area contributed by atoms with Gasteiger partial charge in [-0.3, -0.25) is 5.10 Å². The fourth-order valence-electron chi connectivity index (χ4n) is 3.50. The molecule has 1 saturated heterocycles. The van der Waals surface area contributed by atoms with Crippen LogP contribution in [0, 0.1) is 0 Å². The molecule has 0 spiro atoms. The van der Waals surface area contributed by atoms with Gasteiger partial charge in [-0.25, -0.2) is 0 Å². The van der Waals surface area contributed by atoms with Gasteiger partial charge in [0.25, 0.3) is 0 Å². The van der Waals surface area contributed by atoms with Gasteiger partial charge in [-0.05, 0) is 53.4 Å². The minimum Gasteiger partial charge on any atom is -0.452 e. The van der Waals surface area contributed by atoms with Crippen LogP contribution in [0.25, 0.3) is 33.3 Å². The van der Waals surface area contributed by atoms with Gasteiger partial charge in [0.15, 0.2) is 5.58 Å². The lowest BCUT2D eigenvalue weighted by Gasteiger charge is -2.28. The second-order valence-corrected chi connectivity index (χ2v) is 8.54. The quantitative estimate of drug-likeness (QED) is 0.462. The van der Waals surface area contributed by atoms with E-state index in [1.807, 2.05) is 0 Å². The van der Waals surface area contributed by atoms with Crippen molar-refractivity contribution in [3.63, 3.8) is 0 Å². The maximum atomic E-state index is 6.19. The van der Waals surface area contributed by atoms with Gasteiger partial charge in [-0.1, -0.05) is 0 Å². The molecule has 1 N–H and O–H groups in total. The average Bonchev–Trinajstić information content (AvgIpc) is 3.29. The van der Waals surface area contributed by atoms with E-state index in [4.69, 9.17) is 4.42 Å². The molecule has 1 fully saturated rings. The van der Waals surface area contributed by atoms with Crippen LogP contribution >= 0.6 is 27.3 Å². The molecule has 0 radical (unpaired) electrons. The first-order valence-electron chi connectivity index (χ1n) is 8.19. The molecule has 4 nitrogen and oxygen atoms in total. The number of benzene rings is 1. The van der Waals surface area contributed by atoms with Gasteiger partial charge in [0.05, 0.1) is 3.79 Å². The summed E-state index contributed by atoms with van der Waals surface area (Å²) in [5, 5.41) is 10.8. The lowest BCUT2D eigenvalue weighted by atomic mass is 10.1. The number of halogens is 1. The summed E-state index contributed by atoms with van der Waals surface area (Å²) in [5.74, 6) is 0. The number of hydrogen-bond acceptors (Lipinski definition) is 4. The predicted octanol–water partition coefficient (Wildman–Crippen LogP) is 5.79. The van der Waals surface area contributed by atoms with Crippen LogP contribution in [-0.4, -0.2) is 23.3 Å². The minimum atomic E-state index is 0.839. The second kappa shape index (κ2) is 5.63. The van der Waals surface area contributed by atoms with Gasteiger partial charge < -0.3 is 9.32 Å². The van der Waals surface area contributed by atoms with Crippen LogP contribution < -0.4 is 4.90 Å². The highest BCUT2D eigenvalue weighted by molar-refractivity contribution is 9.11. The summed E-state index contributed by atoms with van der Waals surface area (Å²) in [6.07, 6.45) is 3.89. The summed E-state index contributed by atoms with van der Waals surface area (Å²) in [7, 11) is 0. The van der Waals surface area contributed by atoms with Crippen LogP contribution in [0.2, 0.25) is 0 Å². The van der Waals surface area contributed by atoms with Crippen LogP contribution in [-0.2, 0) is 0 Å². The number of aromatic nitrogens is 2. The number of rotatable bonds is 2. The molecule has 122 valence electrons. The Labute approximate surface area is 151 Å². The Morgan fingerprint density at radius 3 is 2.83 bits per heavy atom. The van der Waals surface area contributed by atoms with Crippen molar-refractivity contribution < 1.29 is 4.42 Å². The molecule has 4 aromatic rings. The third kappa shape index (κ3) is 2.28. The van der Waals surface area contributed by atoms with Crippen LogP contribution in [0.3, 0.4) is 0 Å². The maximum Gasteiger partial charge on any atom is 0.181 e. The Bertz CT molecular complexity index is 1030. The van der Waals surface area contributed by atoms with Gasteiger partial charge in [-0.2, -0.15) is 5.10 Å². The number of furan rings is 1. The Kier molecular flexibility index (Phi) is 3.41. The highest BCUT2D eigenvalue weighted by Crippen LogP contribution is 2.37. The van der Waals surface area contributed by atoms with Crippen molar-refractivity contribution in [2.24, 2.45) is 0 Å². The topological polar surface area (TPSA) is 45.1 Å². The van der Waals surface area contributed by atoms with Crippen LogP contribution in [0.4, 0.5) is 5.69 Å². The first-order valence-corrected chi connectivity index (χ1v) is 9.87. The molecule has 1 aliphatic rings. The lowest BCUT2D eigenvalue weighted by Crippen LogP contribution is -2.29. The molecule has 1 aliphatic heterocycles. The molecular formula is C18H16BrN3OS. The zero-order chi connectivity index (χ0) is 16.1. The van der Waals surface area contributed by atoms with Crippen molar-refractivity contribution in [3.05, 3.63) is 33.4 Å². The molecule has 4 heterocycles. The van der Waals surface area contributed by atoms with E-state index in [0.29, 0.717) is 0 Å². The maximum absolute atomic E-state index is 6.19. The van der Waals surface area contributed by atoms with E-state index in [0.717, 1.165) is 50.2 Å². The van der Waals surface area contributed by atoms with Gasteiger partial charge in [-0.15, -0.1) is 11.3 Å². The summed E-state index contributed by atoms with van der Waals surface area (Å²) < 4.78 is 7.28. The highest BCUT2D eigenvalue weighted by Gasteiger charge is 2.18. The number of aromatic amines is 1. The van der Waals surface area contributed by atoms with Crippen LogP contribution in [0.1, 0.15) is 19.3 Å². The van der Waals surface area contributed by atoms with E-state index in [1.165, 1.54) is 24.9 Å². The largest absolute Gasteiger partial charge is 0.452 e. The lowest BCUT2D eigenvalue weighted by molar-refractivity contribution is 0.577. The van der Waals surface area contributed by atoms with E-state index in [9.17, 15) is 0 Å². The Morgan fingerprint density at radius 1 is 1.17 bits per heavy atom. The summed E-state index contributed by atoms with van der Waals surface area (Å²) >= 11 is 5.17. The summed E-state index contributed by atoms with van der Waals surface area (Å²) in [4.78, 5) is 2.45. The number of fused-ring (bicyclic) bond motifs is 3. The zero-order valence-corrected chi connectivity index (χ0v) is 15.4. The predicted molar refractivity (Wildman–Crippen MR) is 103 cm³/mol. The van der Waals surface area contributed by atoms with Gasteiger partial charge in [0.1, 0.15) is 16.8 Å². The number of piperidine rings is 1. The van der Waals surface area contributed by atoms with Crippen molar-refractivity contribution in [1.29, 1.82) is 0 Å². The van der Waals surface area contributed by atoms with Gasteiger partial charge in [0.2, 0.25) is 0 Å². The van der Waals surface area contributed by atoms with E-state index in [2.05, 4.69) is 60.7 Å². The molecule has 1 aromatic carbocycles. The van der Waals surface area contributed by atoms with Crippen molar-refractivity contribution in [1.82, 2.24) is 10.2 Å². The van der Waals surface area contributed by atoms with Crippen LogP contribution in [0.5, 0.6) is 0 Å². The van der Waals surface area contributed by atoms with Crippen molar-refractivity contribution in [2.75, 3.05) is 18.0 Å². The molecule has 24 heavy (non-hydrogen) atoms. The number of thiophene rings is 1. The highest BCUT2D eigenvalue weighted by atomic mass is 79.9. The molecule has 0 aliphatic carbocycles. The molecule has 6 heteroatoms. The molecule has 0 amide bonds. The Hall–Kier alpha value is -1.79. The Morgan fingerprint density at radius 2 is 2.04 bits per heavy atom. The van der Waals surface area contributed by atoms with Crippen molar-refractivity contribution in [2.45, 2.75) is 19.3 Å². The first-order chi connectivity index (χ1) is 11.8. The monoisotopic (exact) mass is 401 g/mol. The molecule has 0 unspecified atom stereocenters. The smallest absolute Gasteiger partial charge is 0.181 e. The summed E-state index contributed by atoms with van der Waals surface area (Å²) in [6.45, 7) is 2.28. The SMILES string of the molecule is Brc1cc(-c2n[nH]c3c2oc2cc(N4CCCCC4)ccc23)cs1. The van der Waals surface area contributed by atoms with Crippen molar-refractivity contribution >= 4 is 55.0 Å². The molecule has 3 aromatic heterocycles. The summed E-state index contributed by atoms with van der Waals surface area (Å²) in [6, 6.07) is 8.59. The first kappa shape index (κ1) is 14.5. The molecule has 0 atom stereocenters. The fraction of sp³-hybridized carbons (Fsp3) is 0.278.